The Kier molecular flexibility index (Phi) is 4.14. The molecule has 0 fully saturated rings. The zero-order chi connectivity index (χ0) is 8.81. The lowest BCUT2D eigenvalue weighted by Gasteiger charge is -2.00. The first-order valence-corrected chi connectivity index (χ1v) is 4.44. The van der Waals surface area contributed by atoms with Crippen LogP contribution >= 0.6 is 11.6 Å². The Labute approximate surface area is 77.3 Å². The van der Waals surface area contributed by atoms with Gasteiger partial charge in [-0.15, -0.1) is 0 Å². The molecule has 0 atom stereocenters. The highest BCUT2D eigenvalue weighted by Gasteiger charge is 1.94. The van der Waals surface area contributed by atoms with Crippen molar-refractivity contribution in [3.8, 4) is 0 Å². The molecule has 0 saturated heterocycles. The summed E-state index contributed by atoms with van der Waals surface area (Å²) in [6.45, 7) is 2.51. The Morgan fingerprint density at radius 2 is 2.42 bits per heavy atom. The first-order valence-electron chi connectivity index (χ1n) is 4.06. The van der Waals surface area contributed by atoms with Crippen LogP contribution in [0.15, 0.2) is 12.3 Å². The van der Waals surface area contributed by atoms with Crippen molar-refractivity contribution in [3.05, 3.63) is 23.0 Å². The minimum atomic E-state index is 0.735. The van der Waals surface area contributed by atoms with Crippen molar-refractivity contribution in [2.45, 2.75) is 13.0 Å². The smallest absolute Gasteiger partial charge is 0.0583 e. The molecule has 0 saturated carbocycles. The molecule has 3 nitrogen and oxygen atoms in total. The van der Waals surface area contributed by atoms with E-state index in [1.165, 1.54) is 0 Å². The van der Waals surface area contributed by atoms with E-state index in [1.807, 2.05) is 6.07 Å². The van der Waals surface area contributed by atoms with Crippen LogP contribution in [-0.2, 0) is 6.54 Å². The monoisotopic (exact) mass is 187 g/mol. The molecule has 68 valence electrons. The molecule has 1 rings (SSSR count). The van der Waals surface area contributed by atoms with Crippen LogP contribution < -0.4 is 11.1 Å². The second-order valence-electron chi connectivity index (χ2n) is 2.66. The Bertz CT molecular complexity index is 222. The molecule has 1 heterocycles. The molecule has 0 aliphatic heterocycles. The van der Waals surface area contributed by atoms with Gasteiger partial charge < -0.3 is 16.0 Å². The van der Waals surface area contributed by atoms with Crippen LogP contribution in [0.2, 0.25) is 5.02 Å². The first-order chi connectivity index (χ1) is 5.83. The summed E-state index contributed by atoms with van der Waals surface area (Å²) in [6, 6.07) is 1.91. The summed E-state index contributed by atoms with van der Waals surface area (Å²) in [6.07, 6.45) is 2.79. The number of hydrogen-bond donors (Lipinski definition) is 3. The molecular weight excluding hydrogens is 174 g/mol. The fourth-order valence-corrected chi connectivity index (χ4v) is 1.15. The lowest BCUT2D eigenvalue weighted by atomic mass is 10.4. The third-order valence-corrected chi connectivity index (χ3v) is 1.80. The highest BCUT2D eigenvalue weighted by molar-refractivity contribution is 6.30. The van der Waals surface area contributed by atoms with E-state index in [-0.39, 0.29) is 0 Å². The number of nitrogens with two attached hydrogens (primary N) is 1. The van der Waals surface area contributed by atoms with Gasteiger partial charge in [0.1, 0.15) is 0 Å². The number of hydrogen-bond acceptors (Lipinski definition) is 2. The Balaban J connectivity index is 2.15. The molecule has 0 amide bonds. The van der Waals surface area contributed by atoms with Crippen LogP contribution in [0.25, 0.3) is 0 Å². The van der Waals surface area contributed by atoms with E-state index in [0.717, 1.165) is 36.8 Å². The summed E-state index contributed by atoms with van der Waals surface area (Å²) in [7, 11) is 0. The summed E-state index contributed by atoms with van der Waals surface area (Å²) >= 11 is 5.72. The second-order valence-corrected chi connectivity index (χ2v) is 3.10. The van der Waals surface area contributed by atoms with Crippen LogP contribution in [-0.4, -0.2) is 18.1 Å². The largest absolute Gasteiger partial charge is 0.363 e. The summed E-state index contributed by atoms with van der Waals surface area (Å²) < 4.78 is 0. The van der Waals surface area contributed by atoms with Crippen LogP contribution in [0.4, 0.5) is 0 Å². The predicted molar refractivity (Wildman–Crippen MR) is 51.2 cm³/mol. The average molecular weight is 188 g/mol. The minimum Gasteiger partial charge on any atom is -0.363 e. The third-order valence-electron chi connectivity index (χ3n) is 1.58. The Morgan fingerprint density at radius 3 is 3.00 bits per heavy atom. The van der Waals surface area contributed by atoms with Gasteiger partial charge in [0, 0.05) is 18.4 Å². The summed E-state index contributed by atoms with van der Waals surface area (Å²) in [5.41, 5.74) is 6.45. The molecule has 0 aliphatic carbocycles. The second kappa shape index (κ2) is 5.19. The third kappa shape index (κ3) is 3.26. The molecule has 0 unspecified atom stereocenters. The molecular formula is C8H14ClN3. The molecule has 0 radical (unpaired) electrons. The van der Waals surface area contributed by atoms with Gasteiger partial charge in [-0.3, -0.25) is 0 Å². The van der Waals surface area contributed by atoms with Gasteiger partial charge >= 0.3 is 0 Å². The average Bonchev–Trinajstić information content (AvgIpc) is 2.45. The van der Waals surface area contributed by atoms with Crippen LogP contribution in [0.1, 0.15) is 12.1 Å². The van der Waals surface area contributed by atoms with E-state index < -0.39 is 0 Å². The van der Waals surface area contributed by atoms with Crippen molar-refractivity contribution in [3.63, 3.8) is 0 Å². The fourth-order valence-electron chi connectivity index (χ4n) is 0.964. The maximum absolute atomic E-state index is 5.72. The van der Waals surface area contributed by atoms with E-state index in [1.54, 1.807) is 6.20 Å². The van der Waals surface area contributed by atoms with Crippen molar-refractivity contribution < 1.29 is 0 Å². The number of aromatic nitrogens is 1. The number of halogens is 1. The van der Waals surface area contributed by atoms with Crippen molar-refractivity contribution in [2.75, 3.05) is 13.1 Å². The number of rotatable bonds is 5. The molecule has 12 heavy (non-hydrogen) atoms. The van der Waals surface area contributed by atoms with E-state index in [0.29, 0.717) is 0 Å². The predicted octanol–water partition coefficient (Wildman–Crippen LogP) is 1.11. The summed E-state index contributed by atoms with van der Waals surface area (Å²) in [4.78, 5) is 3.06. The molecule has 0 bridgehead atoms. The normalized spacial score (nSPS) is 10.5. The lowest BCUT2D eigenvalue weighted by Crippen LogP contribution is -2.17. The van der Waals surface area contributed by atoms with Gasteiger partial charge in [0.25, 0.3) is 0 Å². The molecule has 4 heteroatoms. The lowest BCUT2D eigenvalue weighted by molar-refractivity contribution is 0.648. The molecule has 0 aromatic carbocycles. The minimum absolute atomic E-state index is 0.735. The van der Waals surface area contributed by atoms with Crippen LogP contribution in [0.3, 0.4) is 0 Å². The van der Waals surface area contributed by atoms with E-state index in [9.17, 15) is 0 Å². The van der Waals surface area contributed by atoms with Crippen LogP contribution in [0.5, 0.6) is 0 Å². The van der Waals surface area contributed by atoms with Gasteiger partial charge in [0.05, 0.1) is 5.02 Å². The molecule has 1 aromatic rings. The Morgan fingerprint density at radius 1 is 1.58 bits per heavy atom. The van der Waals surface area contributed by atoms with Gasteiger partial charge in [-0.25, -0.2) is 0 Å². The number of aromatic amines is 1. The van der Waals surface area contributed by atoms with Crippen molar-refractivity contribution in [2.24, 2.45) is 5.73 Å². The van der Waals surface area contributed by atoms with Crippen molar-refractivity contribution in [1.82, 2.24) is 10.3 Å². The fraction of sp³-hybridized carbons (Fsp3) is 0.500. The maximum atomic E-state index is 5.72. The van der Waals surface area contributed by atoms with Crippen molar-refractivity contribution >= 4 is 11.6 Å². The molecule has 4 N–H and O–H groups in total. The SMILES string of the molecule is NCCCNCc1cc(Cl)c[nH]1. The zero-order valence-corrected chi connectivity index (χ0v) is 7.69. The van der Waals surface area contributed by atoms with E-state index in [2.05, 4.69) is 10.3 Å². The van der Waals surface area contributed by atoms with E-state index >= 15 is 0 Å². The highest BCUT2D eigenvalue weighted by atomic mass is 35.5. The van der Waals surface area contributed by atoms with Crippen LogP contribution in [0, 0.1) is 0 Å². The zero-order valence-electron chi connectivity index (χ0n) is 6.94. The molecule has 0 aliphatic rings. The standard InChI is InChI=1S/C8H14ClN3/c9-7-4-8(12-5-7)6-11-3-1-2-10/h4-5,11-12H,1-3,6,10H2. The maximum Gasteiger partial charge on any atom is 0.0583 e. The van der Waals surface area contributed by atoms with Crippen molar-refractivity contribution in [1.29, 1.82) is 0 Å². The molecule has 0 spiro atoms. The quantitative estimate of drug-likeness (QED) is 0.605. The van der Waals surface area contributed by atoms with Gasteiger partial charge in [0.2, 0.25) is 0 Å². The van der Waals surface area contributed by atoms with Gasteiger partial charge in [0.15, 0.2) is 0 Å². The molecule has 1 aromatic heterocycles. The summed E-state index contributed by atoms with van der Waals surface area (Å²) in [5, 5.41) is 4.00. The van der Waals surface area contributed by atoms with Gasteiger partial charge in [-0.1, -0.05) is 11.6 Å². The number of nitrogens with one attached hydrogen (secondary N) is 2. The Hall–Kier alpha value is -0.510. The van der Waals surface area contributed by atoms with Gasteiger partial charge in [-0.2, -0.15) is 0 Å². The first kappa shape index (κ1) is 9.58. The van der Waals surface area contributed by atoms with Gasteiger partial charge in [-0.05, 0) is 25.6 Å². The highest BCUT2D eigenvalue weighted by Crippen LogP contribution is 2.08. The topological polar surface area (TPSA) is 53.8 Å². The summed E-state index contributed by atoms with van der Waals surface area (Å²) in [5.74, 6) is 0. The van der Waals surface area contributed by atoms with E-state index in [4.69, 9.17) is 17.3 Å². The number of H-pyrrole nitrogens is 1.